The fourth-order valence-corrected chi connectivity index (χ4v) is 0.918. The predicted octanol–water partition coefficient (Wildman–Crippen LogP) is -0.631. The van der Waals surface area contributed by atoms with Crippen LogP contribution in [-0.4, -0.2) is 59.6 Å². The number of rotatable bonds is 5. The van der Waals surface area contributed by atoms with Crippen LogP contribution in [0.4, 0.5) is 0 Å². The Morgan fingerprint density at radius 3 is 1.45 bits per heavy atom. The Hall–Kier alpha value is 0.698. The molecule has 3 nitrogen and oxygen atoms in total. The van der Waals surface area contributed by atoms with Crippen molar-refractivity contribution < 1.29 is 15.3 Å². The zero-order chi connectivity index (χ0) is 8.04. The molecule has 0 spiro atoms. The van der Waals surface area contributed by atoms with Crippen molar-refractivity contribution in [3.8, 4) is 0 Å². The summed E-state index contributed by atoms with van der Waals surface area (Å²) in [5.74, 6) is 0. The third kappa shape index (κ3) is 4.31. The van der Waals surface area contributed by atoms with E-state index in [0.29, 0.717) is 6.42 Å². The smallest absolute Gasteiger partial charge is 0.0531 e. The van der Waals surface area contributed by atoms with E-state index in [2.05, 4.69) is 0 Å². The second-order valence-electron chi connectivity index (χ2n) is 2.72. The zero-order valence-electron chi connectivity index (χ0n) is 6.82. The van der Waals surface area contributed by atoms with Crippen molar-refractivity contribution in [1.82, 2.24) is 0 Å². The molecule has 11 heavy (non-hydrogen) atoms. The quantitative estimate of drug-likeness (QED) is 0.583. The predicted molar refractivity (Wildman–Crippen MR) is 44.4 cm³/mol. The van der Waals surface area contributed by atoms with Crippen LogP contribution in [0, 0.1) is 5.41 Å². The van der Waals surface area contributed by atoms with Crippen LogP contribution < -0.4 is 0 Å². The van der Waals surface area contributed by atoms with Crippen LogP contribution in [0.15, 0.2) is 0 Å². The molecule has 0 heterocycles. The largest absolute Gasteiger partial charge is 0.396 e. The molecule has 0 aromatic heterocycles. The van der Waals surface area contributed by atoms with Gasteiger partial charge in [0.15, 0.2) is 0 Å². The van der Waals surface area contributed by atoms with Gasteiger partial charge in [-0.3, -0.25) is 0 Å². The molecule has 0 aliphatic rings. The molecular formula is C7H16O3Sb. The van der Waals surface area contributed by atoms with E-state index in [9.17, 15) is 0 Å². The van der Waals surface area contributed by atoms with E-state index in [1.165, 1.54) is 0 Å². The first-order valence-electron chi connectivity index (χ1n) is 3.57. The van der Waals surface area contributed by atoms with Gasteiger partial charge in [-0.25, -0.2) is 0 Å². The second kappa shape index (κ2) is 7.35. The van der Waals surface area contributed by atoms with Crippen LogP contribution >= 0.6 is 0 Å². The van der Waals surface area contributed by atoms with E-state index in [0.717, 1.165) is 6.42 Å². The average molecular weight is 270 g/mol. The summed E-state index contributed by atoms with van der Waals surface area (Å²) in [5.41, 5.74) is -0.658. The molecule has 0 unspecified atom stereocenters. The summed E-state index contributed by atoms with van der Waals surface area (Å²) < 4.78 is 0. The van der Waals surface area contributed by atoms with E-state index in [1.807, 2.05) is 6.92 Å². The minimum atomic E-state index is -0.658. The Balaban J connectivity index is 0. The molecule has 0 rings (SSSR count). The van der Waals surface area contributed by atoms with Gasteiger partial charge in [-0.05, 0) is 6.42 Å². The first-order chi connectivity index (χ1) is 4.74. The minimum Gasteiger partial charge on any atom is -0.396 e. The van der Waals surface area contributed by atoms with Crippen molar-refractivity contribution in [3.05, 3.63) is 0 Å². The summed E-state index contributed by atoms with van der Waals surface area (Å²) in [6.07, 6.45) is 1.53. The molecule has 0 aliphatic carbocycles. The van der Waals surface area contributed by atoms with Gasteiger partial charge >= 0.3 is 0 Å². The monoisotopic (exact) mass is 269 g/mol. The van der Waals surface area contributed by atoms with Gasteiger partial charge in [-0.15, -0.1) is 0 Å². The van der Waals surface area contributed by atoms with Crippen molar-refractivity contribution >= 4 is 24.4 Å². The summed E-state index contributed by atoms with van der Waals surface area (Å²) in [7, 11) is 0. The number of aliphatic hydroxyl groups is 3. The Bertz CT molecular complexity index is 75.5. The standard InChI is InChI=1S/C7H16O3.Sb/c1-2-3-7(4-8,5-9)6-10;/h8-10H,2-6H2,1H3;. The first-order valence-corrected chi connectivity index (χ1v) is 3.57. The van der Waals surface area contributed by atoms with Crippen molar-refractivity contribution in [3.63, 3.8) is 0 Å². The van der Waals surface area contributed by atoms with Crippen molar-refractivity contribution in [2.24, 2.45) is 5.41 Å². The van der Waals surface area contributed by atoms with E-state index in [-0.39, 0.29) is 44.2 Å². The Labute approximate surface area is 84.9 Å². The van der Waals surface area contributed by atoms with Crippen molar-refractivity contribution in [2.45, 2.75) is 19.8 Å². The summed E-state index contributed by atoms with van der Waals surface area (Å²) in [6.45, 7) is 1.52. The van der Waals surface area contributed by atoms with Gasteiger partial charge in [0.1, 0.15) is 0 Å². The second-order valence-corrected chi connectivity index (χ2v) is 2.72. The third-order valence-corrected chi connectivity index (χ3v) is 1.79. The molecule has 67 valence electrons. The molecule has 4 heteroatoms. The summed E-state index contributed by atoms with van der Waals surface area (Å²) in [4.78, 5) is 0. The van der Waals surface area contributed by atoms with Crippen LogP contribution in [0.2, 0.25) is 0 Å². The Morgan fingerprint density at radius 1 is 1.00 bits per heavy atom. The zero-order valence-corrected chi connectivity index (χ0v) is 9.38. The van der Waals surface area contributed by atoms with E-state index in [4.69, 9.17) is 15.3 Å². The number of hydrogen-bond acceptors (Lipinski definition) is 3. The maximum absolute atomic E-state index is 8.79. The van der Waals surface area contributed by atoms with E-state index >= 15 is 0 Å². The van der Waals surface area contributed by atoms with Gasteiger partial charge < -0.3 is 15.3 Å². The van der Waals surface area contributed by atoms with Crippen LogP contribution in [-0.2, 0) is 0 Å². The van der Waals surface area contributed by atoms with E-state index < -0.39 is 5.41 Å². The fraction of sp³-hybridized carbons (Fsp3) is 1.00. The van der Waals surface area contributed by atoms with Gasteiger partial charge in [0.05, 0.1) is 19.8 Å². The molecule has 3 radical (unpaired) electrons. The fourth-order valence-electron chi connectivity index (χ4n) is 0.918. The van der Waals surface area contributed by atoms with Gasteiger partial charge in [0.2, 0.25) is 0 Å². The molecule has 0 amide bonds. The molecule has 0 atom stereocenters. The maximum Gasteiger partial charge on any atom is 0.0531 e. The Morgan fingerprint density at radius 2 is 1.36 bits per heavy atom. The normalized spacial score (nSPS) is 10.9. The number of aliphatic hydroxyl groups excluding tert-OH is 3. The summed E-state index contributed by atoms with van der Waals surface area (Å²) >= 11 is 0. The van der Waals surface area contributed by atoms with Crippen LogP contribution in [0.5, 0.6) is 0 Å². The molecule has 0 fully saturated rings. The van der Waals surface area contributed by atoms with Crippen LogP contribution in [0.25, 0.3) is 0 Å². The average Bonchev–Trinajstić information content (AvgIpc) is 2.01. The molecule has 0 saturated carbocycles. The van der Waals surface area contributed by atoms with Gasteiger partial charge in [0, 0.05) is 29.8 Å². The number of hydrogen-bond donors (Lipinski definition) is 3. The van der Waals surface area contributed by atoms with E-state index in [1.54, 1.807) is 0 Å². The van der Waals surface area contributed by atoms with Gasteiger partial charge in [-0.1, -0.05) is 13.3 Å². The SMILES string of the molecule is CCCC(CO)(CO)CO.[Sb]. The van der Waals surface area contributed by atoms with Crippen molar-refractivity contribution in [1.29, 1.82) is 0 Å². The summed E-state index contributed by atoms with van der Waals surface area (Å²) in [6, 6.07) is 0. The van der Waals surface area contributed by atoms with Crippen molar-refractivity contribution in [2.75, 3.05) is 19.8 Å². The van der Waals surface area contributed by atoms with Crippen LogP contribution in [0.1, 0.15) is 19.8 Å². The third-order valence-electron chi connectivity index (χ3n) is 1.79. The first kappa shape index (κ1) is 14.2. The molecule has 0 aliphatic heterocycles. The molecule has 3 N–H and O–H groups in total. The maximum atomic E-state index is 8.79. The molecule has 0 saturated heterocycles. The van der Waals surface area contributed by atoms with Gasteiger partial charge in [0.25, 0.3) is 0 Å². The molecular weight excluding hydrogens is 254 g/mol. The molecule has 0 bridgehead atoms. The van der Waals surface area contributed by atoms with Crippen LogP contribution in [0.3, 0.4) is 0 Å². The topological polar surface area (TPSA) is 60.7 Å². The minimum absolute atomic E-state index is 0. The molecule has 0 aromatic rings. The van der Waals surface area contributed by atoms with Gasteiger partial charge in [-0.2, -0.15) is 0 Å². The Kier molecular flexibility index (Phi) is 9.52. The summed E-state index contributed by atoms with van der Waals surface area (Å²) in [5, 5.41) is 26.4. The molecule has 0 aromatic carbocycles.